The Hall–Kier alpha value is -3.97. The Bertz CT molecular complexity index is 1490. The van der Waals surface area contributed by atoms with Crippen molar-refractivity contribution in [2.45, 2.75) is 0 Å². The first kappa shape index (κ1) is 16.9. The van der Waals surface area contributed by atoms with E-state index in [1.807, 2.05) is 24.5 Å². The van der Waals surface area contributed by atoms with E-state index in [2.05, 4.69) is 96.0 Å². The molecule has 1 heterocycles. The van der Waals surface area contributed by atoms with Gasteiger partial charge in [-0.15, -0.1) is 0 Å². The van der Waals surface area contributed by atoms with Crippen LogP contribution in [0.1, 0.15) is 11.1 Å². The topological polar surface area (TPSA) is 12.9 Å². The van der Waals surface area contributed by atoms with Gasteiger partial charge in [-0.2, -0.15) is 0 Å². The van der Waals surface area contributed by atoms with E-state index in [0.29, 0.717) is 0 Å². The molecule has 0 saturated heterocycles. The first-order valence-corrected chi connectivity index (χ1v) is 10.2. The predicted molar refractivity (Wildman–Crippen MR) is 129 cm³/mol. The predicted octanol–water partition coefficient (Wildman–Crippen LogP) is 7.82. The monoisotopic (exact) mass is 381 g/mol. The summed E-state index contributed by atoms with van der Waals surface area (Å²) in [6, 6.07) is 32.7. The summed E-state index contributed by atoms with van der Waals surface area (Å²) in [6.45, 7) is 0. The summed E-state index contributed by atoms with van der Waals surface area (Å²) in [5, 5.41) is 7.94. The maximum absolute atomic E-state index is 4.10. The zero-order valence-electron chi connectivity index (χ0n) is 16.4. The quantitative estimate of drug-likeness (QED) is 0.225. The van der Waals surface area contributed by atoms with Crippen LogP contribution in [0.25, 0.3) is 55.6 Å². The molecule has 0 aliphatic heterocycles. The van der Waals surface area contributed by atoms with E-state index in [0.717, 1.165) is 0 Å². The Labute approximate surface area is 175 Å². The van der Waals surface area contributed by atoms with Crippen LogP contribution in [0.15, 0.2) is 103 Å². The normalized spacial score (nSPS) is 11.9. The molecule has 0 unspecified atom stereocenters. The van der Waals surface area contributed by atoms with Crippen molar-refractivity contribution < 1.29 is 0 Å². The molecule has 0 bridgehead atoms. The summed E-state index contributed by atoms with van der Waals surface area (Å²) in [5.74, 6) is 0. The molecule has 0 spiro atoms. The number of aromatic nitrogens is 1. The van der Waals surface area contributed by atoms with Gasteiger partial charge in [0, 0.05) is 12.4 Å². The third-order valence-electron chi connectivity index (χ3n) is 5.94. The Morgan fingerprint density at radius 3 is 1.90 bits per heavy atom. The highest BCUT2D eigenvalue weighted by Gasteiger charge is 2.09. The number of benzene rings is 5. The Morgan fingerprint density at radius 2 is 1.13 bits per heavy atom. The Kier molecular flexibility index (Phi) is 3.85. The van der Waals surface area contributed by atoms with Gasteiger partial charge in [0.15, 0.2) is 0 Å². The van der Waals surface area contributed by atoms with Crippen molar-refractivity contribution in [2.75, 3.05) is 0 Å². The van der Waals surface area contributed by atoms with E-state index in [1.54, 1.807) is 0 Å². The Morgan fingerprint density at radius 1 is 0.500 bits per heavy atom. The van der Waals surface area contributed by atoms with Crippen molar-refractivity contribution in [1.82, 2.24) is 4.98 Å². The third kappa shape index (κ3) is 2.75. The molecule has 30 heavy (non-hydrogen) atoms. The van der Waals surface area contributed by atoms with Crippen LogP contribution in [-0.2, 0) is 0 Å². The first-order chi connectivity index (χ1) is 14.9. The van der Waals surface area contributed by atoms with Crippen LogP contribution >= 0.6 is 0 Å². The fraction of sp³-hybridized carbons (Fsp3) is 0. The van der Waals surface area contributed by atoms with Crippen molar-refractivity contribution >= 4 is 44.5 Å². The molecule has 0 saturated carbocycles. The van der Waals surface area contributed by atoms with E-state index in [4.69, 9.17) is 0 Å². The molecule has 0 amide bonds. The number of hydrogen-bond acceptors (Lipinski definition) is 1. The van der Waals surface area contributed by atoms with Crippen LogP contribution in [0.3, 0.4) is 0 Å². The lowest BCUT2D eigenvalue weighted by Crippen LogP contribution is -1.86. The second-order valence-corrected chi connectivity index (χ2v) is 7.70. The fourth-order valence-electron chi connectivity index (χ4n) is 4.42. The lowest BCUT2D eigenvalue weighted by molar-refractivity contribution is 1.33. The minimum absolute atomic E-state index is 1.19. The van der Waals surface area contributed by atoms with Gasteiger partial charge in [-0.3, -0.25) is 4.98 Å². The Balaban J connectivity index is 1.42. The molecule has 0 aliphatic rings. The van der Waals surface area contributed by atoms with Gasteiger partial charge in [0.2, 0.25) is 0 Å². The second-order valence-electron chi connectivity index (χ2n) is 7.70. The lowest BCUT2D eigenvalue weighted by atomic mass is 9.92. The molecule has 5 aromatic carbocycles. The van der Waals surface area contributed by atoms with Gasteiger partial charge in [0.25, 0.3) is 0 Å². The molecule has 6 rings (SSSR count). The van der Waals surface area contributed by atoms with Gasteiger partial charge in [-0.1, -0.05) is 91.0 Å². The van der Waals surface area contributed by atoms with Crippen molar-refractivity contribution in [3.8, 4) is 11.1 Å². The zero-order chi connectivity index (χ0) is 19.9. The third-order valence-corrected chi connectivity index (χ3v) is 5.94. The highest BCUT2D eigenvalue weighted by Crippen LogP contribution is 2.36. The molecule has 1 nitrogen and oxygen atoms in total. The number of nitrogens with zero attached hydrogens (tertiary/aromatic N) is 1. The largest absolute Gasteiger partial charge is 0.265 e. The summed E-state index contributed by atoms with van der Waals surface area (Å²) in [4.78, 5) is 4.10. The fourth-order valence-corrected chi connectivity index (χ4v) is 4.42. The smallest absolute Gasteiger partial charge is 0.0273 e. The number of pyridine rings is 1. The maximum atomic E-state index is 4.10. The average molecular weight is 381 g/mol. The van der Waals surface area contributed by atoms with Crippen molar-refractivity contribution in [2.24, 2.45) is 0 Å². The molecule has 1 heteroatoms. The molecular formula is C29H19N. The van der Waals surface area contributed by atoms with E-state index in [9.17, 15) is 0 Å². The van der Waals surface area contributed by atoms with E-state index < -0.39 is 0 Å². The van der Waals surface area contributed by atoms with Crippen LogP contribution in [0.2, 0.25) is 0 Å². The molecule has 0 N–H and O–H groups in total. The molecular weight excluding hydrogens is 362 g/mol. The van der Waals surface area contributed by atoms with Crippen LogP contribution in [0.4, 0.5) is 0 Å². The van der Waals surface area contributed by atoms with E-state index in [1.165, 1.54) is 54.6 Å². The van der Waals surface area contributed by atoms with Gasteiger partial charge in [-0.25, -0.2) is 0 Å². The first-order valence-electron chi connectivity index (χ1n) is 10.2. The highest BCUT2D eigenvalue weighted by atomic mass is 14.6. The van der Waals surface area contributed by atoms with E-state index in [-0.39, 0.29) is 0 Å². The van der Waals surface area contributed by atoms with Crippen LogP contribution in [0.5, 0.6) is 0 Å². The summed E-state index contributed by atoms with van der Waals surface area (Å²) >= 11 is 0. The molecule has 0 fully saturated rings. The summed E-state index contributed by atoms with van der Waals surface area (Å²) in [5.41, 5.74) is 4.84. The highest BCUT2D eigenvalue weighted by molar-refractivity contribution is 6.24. The molecule has 0 atom stereocenters. The van der Waals surface area contributed by atoms with Crippen molar-refractivity contribution in [1.29, 1.82) is 0 Å². The minimum atomic E-state index is 1.19. The minimum Gasteiger partial charge on any atom is -0.265 e. The number of rotatable bonds is 3. The SMILES string of the molecule is C(=Cc1ccc2ccc3cccc4ccc1c2c34)c1ccc(-c2ccncc2)cc1. The van der Waals surface area contributed by atoms with Crippen LogP contribution < -0.4 is 0 Å². The van der Waals surface area contributed by atoms with Crippen LogP contribution in [0, 0.1) is 0 Å². The standard InChI is InChI=1S/C29H19N/c1-2-24-12-13-26-11-10-23(27-15-14-25(3-1)28(24)29(26)27)9-6-20-4-7-21(8-5-20)22-16-18-30-19-17-22/h1-19H. The maximum Gasteiger partial charge on any atom is 0.0273 e. The molecule has 6 aromatic rings. The van der Waals surface area contributed by atoms with Gasteiger partial charge in [0.05, 0.1) is 0 Å². The number of hydrogen-bond donors (Lipinski definition) is 0. The zero-order valence-corrected chi connectivity index (χ0v) is 16.4. The molecule has 1 aromatic heterocycles. The molecule has 0 aliphatic carbocycles. The second kappa shape index (κ2) is 6.82. The van der Waals surface area contributed by atoms with E-state index >= 15 is 0 Å². The lowest BCUT2D eigenvalue weighted by Gasteiger charge is -2.12. The van der Waals surface area contributed by atoms with Gasteiger partial charge >= 0.3 is 0 Å². The van der Waals surface area contributed by atoms with Gasteiger partial charge < -0.3 is 0 Å². The van der Waals surface area contributed by atoms with Gasteiger partial charge in [0.1, 0.15) is 0 Å². The van der Waals surface area contributed by atoms with Crippen LogP contribution in [-0.4, -0.2) is 4.98 Å². The molecule has 0 radical (unpaired) electrons. The molecule has 140 valence electrons. The average Bonchev–Trinajstić information content (AvgIpc) is 2.82. The summed E-state index contributed by atoms with van der Waals surface area (Å²) in [7, 11) is 0. The summed E-state index contributed by atoms with van der Waals surface area (Å²) < 4.78 is 0. The van der Waals surface area contributed by atoms with Gasteiger partial charge in [-0.05, 0) is 66.7 Å². The summed E-state index contributed by atoms with van der Waals surface area (Å²) in [6.07, 6.45) is 8.09. The van der Waals surface area contributed by atoms with Crippen molar-refractivity contribution in [3.63, 3.8) is 0 Å². The van der Waals surface area contributed by atoms with Crippen molar-refractivity contribution in [3.05, 3.63) is 115 Å².